The van der Waals surface area contributed by atoms with Crippen LogP contribution in [0.1, 0.15) is 31.4 Å². The standard InChI is InChI=1S/C14H18BrNO2/c1-14(8-5-9-18-14)13(17)16-12(10-15)11-6-3-2-4-7-11/h2-4,6-7,12H,5,8-10H2,1H3,(H,16,17). The average Bonchev–Trinajstić information content (AvgIpc) is 2.85. The van der Waals surface area contributed by atoms with Crippen LogP contribution in [0.25, 0.3) is 0 Å². The third-order valence-electron chi connectivity index (χ3n) is 3.36. The first kappa shape index (κ1) is 13.6. The Bertz CT molecular complexity index is 402. The van der Waals surface area contributed by atoms with Crippen LogP contribution in [0.5, 0.6) is 0 Å². The van der Waals surface area contributed by atoms with E-state index in [0.717, 1.165) is 18.4 Å². The minimum absolute atomic E-state index is 0.0141. The van der Waals surface area contributed by atoms with Crippen LogP contribution < -0.4 is 5.32 Å². The topological polar surface area (TPSA) is 38.3 Å². The number of hydrogen-bond donors (Lipinski definition) is 1. The number of ether oxygens (including phenoxy) is 1. The van der Waals surface area contributed by atoms with Gasteiger partial charge in [-0.25, -0.2) is 0 Å². The van der Waals surface area contributed by atoms with E-state index in [0.29, 0.717) is 11.9 Å². The van der Waals surface area contributed by atoms with Gasteiger partial charge in [-0.3, -0.25) is 4.79 Å². The molecule has 98 valence electrons. The molecule has 0 aliphatic carbocycles. The Morgan fingerprint density at radius 1 is 1.50 bits per heavy atom. The minimum Gasteiger partial charge on any atom is -0.365 e. The van der Waals surface area contributed by atoms with Crippen molar-refractivity contribution >= 4 is 21.8 Å². The molecule has 1 aliphatic heterocycles. The van der Waals surface area contributed by atoms with Crippen molar-refractivity contribution in [2.75, 3.05) is 11.9 Å². The van der Waals surface area contributed by atoms with Crippen LogP contribution in [0, 0.1) is 0 Å². The third-order valence-corrected chi connectivity index (χ3v) is 4.01. The zero-order valence-corrected chi connectivity index (χ0v) is 12.1. The number of nitrogens with one attached hydrogen (secondary N) is 1. The van der Waals surface area contributed by atoms with E-state index in [4.69, 9.17) is 4.74 Å². The second kappa shape index (κ2) is 5.85. The van der Waals surface area contributed by atoms with Crippen molar-refractivity contribution in [2.24, 2.45) is 0 Å². The minimum atomic E-state index is -0.658. The molecular formula is C14H18BrNO2. The summed E-state index contributed by atoms with van der Waals surface area (Å²) in [6.45, 7) is 2.54. The predicted octanol–water partition coefficient (Wildman–Crippen LogP) is 2.81. The molecule has 0 spiro atoms. The Morgan fingerprint density at radius 3 is 2.78 bits per heavy atom. The van der Waals surface area contributed by atoms with Crippen molar-refractivity contribution < 1.29 is 9.53 Å². The van der Waals surface area contributed by atoms with Gasteiger partial charge in [0, 0.05) is 11.9 Å². The summed E-state index contributed by atoms with van der Waals surface area (Å²) < 4.78 is 5.56. The van der Waals surface area contributed by atoms with Crippen molar-refractivity contribution in [3.8, 4) is 0 Å². The number of carbonyl (C=O) groups excluding carboxylic acids is 1. The zero-order valence-electron chi connectivity index (χ0n) is 10.5. The molecule has 1 aliphatic rings. The lowest BCUT2D eigenvalue weighted by Gasteiger charge is -2.25. The zero-order chi connectivity index (χ0) is 13.0. The van der Waals surface area contributed by atoms with E-state index < -0.39 is 5.60 Å². The third kappa shape index (κ3) is 2.93. The molecule has 1 fully saturated rings. The Labute approximate surface area is 116 Å². The number of benzene rings is 1. The summed E-state index contributed by atoms with van der Waals surface area (Å²) in [5, 5.41) is 3.75. The molecule has 2 atom stereocenters. The Kier molecular flexibility index (Phi) is 4.40. The van der Waals surface area contributed by atoms with Crippen molar-refractivity contribution in [3.05, 3.63) is 35.9 Å². The molecule has 1 N–H and O–H groups in total. The van der Waals surface area contributed by atoms with Gasteiger partial charge in [0.1, 0.15) is 5.60 Å². The number of alkyl halides is 1. The lowest BCUT2D eigenvalue weighted by atomic mass is 10.0. The maximum absolute atomic E-state index is 12.3. The van der Waals surface area contributed by atoms with Gasteiger partial charge in [-0.1, -0.05) is 46.3 Å². The number of halogens is 1. The van der Waals surface area contributed by atoms with Gasteiger partial charge < -0.3 is 10.1 Å². The molecule has 1 heterocycles. The lowest BCUT2D eigenvalue weighted by Crippen LogP contribution is -2.45. The van der Waals surface area contributed by atoms with E-state index in [2.05, 4.69) is 21.2 Å². The van der Waals surface area contributed by atoms with Gasteiger partial charge in [-0.2, -0.15) is 0 Å². The first-order valence-corrected chi connectivity index (χ1v) is 7.34. The van der Waals surface area contributed by atoms with Gasteiger partial charge in [0.15, 0.2) is 0 Å². The van der Waals surface area contributed by atoms with Crippen LogP contribution in [0.4, 0.5) is 0 Å². The highest BCUT2D eigenvalue weighted by Crippen LogP contribution is 2.26. The lowest BCUT2D eigenvalue weighted by molar-refractivity contribution is -0.140. The molecule has 1 saturated heterocycles. The Morgan fingerprint density at radius 2 is 2.22 bits per heavy atom. The van der Waals surface area contributed by atoms with E-state index in [9.17, 15) is 4.79 Å². The smallest absolute Gasteiger partial charge is 0.252 e. The normalized spacial score (nSPS) is 24.8. The van der Waals surface area contributed by atoms with Gasteiger partial charge in [-0.05, 0) is 25.3 Å². The van der Waals surface area contributed by atoms with Gasteiger partial charge in [0.05, 0.1) is 6.04 Å². The van der Waals surface area contributed by atoms with Crippen LogP contribution in [-0.4, -0.2) is 23.4 Å². The molecular weight excluding hydrogens is 294 g/mol. The summed E-state index contributed by atoms with van der Waals surface area (Å²) in [4.78, 5) is 12.3. The van der Waals surface area contributed by atoms with E-state index in [-0.39, 0.29) is 11.9 Å². The summed E-state index contributed by atoms with van der Waals surface area (Å²) in [7, 11) is 0. The largest absolute Gasteiger partial charge is 0.365 e. The monoisotopic (exact) mass is 311 g/mol. The summed E-state index contributed by atoms with van der Waals surface area (Å²) in [6, 6.07) is 9.95. The van der Waals surface area contributed by atoms with Gasteiger partial charge in [-0.15, -0.1) is 0 Å². The molecule has 1 aromatic rings. The van der Waals surface area contributed by atoms with E-state index in [1.165, 1.54) is 0 Å². The predicted molar refractivity (Wildman–Crippen MR) is 74.7 cm³/mol. The molecule has 3 nitrogen and oxygen atoms in total. The van der Waals surface area contributed by atoms with Gasteiger partial charge in [0.25, 0.3) is 5.91 Å². The molecule has 2 unspecified atom stereocenters. The van der Waals surface area contributed by atoms with E-state index in [1.807, 2.05) is 37.3 Å². The van der Waals surface area contributed by atoms with Crippen LogP contribution in [0.15, 0.2) is 30.3 Å². The maximum Gasteiger partial charge on any atom is 0.252 e. The van der Waals surface area contributed by atoms with Crippen LogP contribution in [0.3, 0.4) is 0 Å². The average molecular weight is 312 g/mol. The molecule has 1 amide bonds. The SMILES string of the molecule is CC1(C(=O)NC(CBr)c2ccccc2)CCCO1. The Hall–Kier alpha value is -0.870. The first-order chi connectivity index (χ1) is 8.65. The molecule has 0 bridgehead atoms. The van der Waals surface area contributed by atoms with Crippen molar-refractivity contribution in [3.63, 3.8) is 0 Å². The van der Waals surface area contributed by atoms with Crippen LogP contribution in [-0.2, 0) is 9.53 Å². The summed E-state index contributed by atoms with van der Waals surface area (Å²) in [5.74, 6) is -0.0201. The molecule has 2 rings (SSSR count). The summed E-state index contributed by atoms with van der Waals surface area (Å²) in [6.07, 6.45) is 1.75. The fourth-order valence-electron chi connectivity index (χ4n) is 2.17. The number of rotatable bonds is 4. The fraction of sp³-hybridized carbons (Fsp3) is 0.500. The first-order valence-electron chi connectivity index (χ1n) is 6.21. The summed E-state index contributed by atoms with van der Waals surface area (Å²) >= 11 is 3.45. The van der Waals surface area contributed by atoms with Crippen LogP contribution >= 0.6 is 15.9 Å². The van der Waals surface area contributed by atoms with Crippen molar-refractivity contribution in [1.82, 2.24) is 5.32 Å². The van der Waals surface area contributed by atoms with Crippen LogP contribution in [0.2, 0.25) is 0 Å². The quantitative estimate of drug-likeness (QED) is 0.868. The van der Waals surface area contributed by atoms with Gasteiger partial charge >= 0.3 is 0 Å². The second-order valence-electron chi connectivity index (χ2n) is 4.77. The summed E-state index contributed by atoms with van der Waals surface area (Å²) in [5.41, 5.74) is 0.444. The molecule has 0 radical (unpaired) electrons. The molecule has 4 heteroatoms. The Balaban J connectivity index is 2.05. The van der Waals surface area contributed by atoms with Crippen molar-refractivity contribution in [2.45, 2.75) is 31.4 Å². The molecule has 0 aromatic heterocycles. The number of hydrogen-bond acceptors (Lipinski definition) is 2. The number of carbonyl (C=O) groups is 1. The molecule has 1 aromatic carbocycles. The highest BCUT2D eigenvalue weighted by atomic mass is 79.9. The molecule has 0 saturated carbocycles. The van der Waals surface area contributed by atoms with E-state index >= 15 is 0 Å². The van der Waals surface area contributed by atoms with Gasteiger partial charge in [0.2, 0.25) is 0 Å². The molecule has 18 heavy (non-hydrogen) atoms. The fourth-order valence-corrected chi connectivity index (χ4v) is 2.70. The second-order valence-corrected chi connectivity index (χ2v) is 5.42. The number of amides is 1. The van der Waals surface area contributed by atoms with Crippen molar-refractivity contribution in [1.29, 1.82) is 0 Å². The highest BCUT2D eigenvalue weighted by Gasteiger charge is 2.38. The maximum atomic E-state index is 12.3. The highest BCUT2D eigenvalue weighted by molar-refractivity contribution is 9.09. The van der Waals surface area contributed by atoms with E-state index in [1.54, 1.807) is 0 Å².